The summed E-state index contributed by atoms with van der Waals surface area (Å²) >= 11 is 0. The predicted octanol–water partition coefficient (Wildman–Crippen LogP) is 2.94. The predicted molar refractivity (Wildman–Crippen MR) is 121 cm³/mol. The molecule has 1 heterocycles. The van der Waals surface area contributed by atoms with E-state index in [9.17, 15) is 21.6 Å². The van der Waals surface area contributed by atoms with Gasteiger partial charge in [0, 0.05) is 24.7 Å². The van der Waals surface area contributed by atoms with Crippen LogP contribution in [-0.2, 0) is 19.9 Å². The monoisotopic (exact) mass is 464 g/mol. The Kier molecular flexibility index (Phi) is 7.06. The van der Waals surface area contributed by atoms with Crippen LogP contribution in [0.5, 0.6) is 0 Å². The lowest BCUT2D eigenvalue weighted by Gasteiger charge is -2.28. The van der Waals surface area contributed by atoms with Crippen molar-refractivity contribution in [2.75, 3.05) is 28.9 Å². The minimum atomic E-state index is -3.87. The minimum Gasteiger partial charge on any atom is -0.335 e. The molecule has 1 amide bonds. The van der Waals surface area contributed by atoms with Crippen molar-refractivity contribution in [3.05, 3.63) is 60.2 Å². The summed E-state index contributed by atoms with van der Waals surface area (Å²) in [6.07, 6.45) is 1.08. The second-order valence-electron chi connectivity index (χ2n) is 7.59. The van der Waals surface area contributed by atoms with Gasteiger partial charge >= 0.3 is 0 Å². The van der Waals surface area contributed by atoms with Crippen molar-refractivity contribution in [1.29, 1.82) is 0 Å². The van der Waals surface area contributed by atoms with Gasteiger partial charge in [0.05, 0.1) is 22.1 Å². The maximum absolute atomic E-state index is 13.3. The van der Waals surface area contributed by atoms with Crippen LogP contribution in [0.15, 0.2) is 59.5 Å². The molecule has 0 bridgehead atoms. The molecule has 1 unspecified atom stereocenters. The van der Waals surface area contributed by atoms with Gasteiger partial charge in [-0.15, -0.1) is 0 Å². The number of para-hydroxylation sites is 1. The number of nitrogens with zero attached hydrogens (tertiary/aromatic N) is 2. The van der Waals surface area contributed by atoms with Crippen LogP contribution in [0.2, 0.25) is 0 Å². The number of carbonyl (C=O) groups excluding carboxylic acids is 1. The minimum absolute atomic E-state index is 0.0274. The summed E-state index contributed by atoms with van der Waals surface area (Å²) in [5.41, 5.74) is 0.786. The molecule has 1 aliphatic heterocycles. The highest BCUT2D eigenvalue weighted by atomic mass is 32.2. The summed E-state index contributed by atoms with van der Waals surface area (Å²) in [5, 5.41) is 0. The van der Waals surface area contributed by atoms with E-state index in [-0.39, 0.29) is 40.5 Å². The number of sulfone groups is 1. The molecule has 1 fully saturated rings. The maximum Gasteiger partial charge on any atom is 0.264 e. The molecular formula is C22H28N2O5S2. The average Bonchev–Trinajstić information content (AvgIpc) is 3.12. The molecule has 7 nitrogen and oxygen atoms in total. The first-order valence-electron chi connectivity index (χ1n) is 10.4. The van der Waals surface area contributed by atoms with Crippen LogP contribution >= 0.6 is 0 Å². The zero-order valence-electron chi connectivity index (χ0n) is 17.8. The smallest absolute Gasteiger partial charge is 0.264 e. The van der Waals surface area contributed by atoms with E-state index in [0.717, 1.165) is 0 Å². The number of rotatable bonds is 8. The summed E-state index contributed by atoms with van der Waals surface area (Å²) in [6, 6.07) is 14.4. The van der Waals surface area contributed by atoms with E-state index in [0.29, 0.717) is 25.1 Å². The van der Waals surface area contributed by atoms with E-state index >= 15 is 0 Å². The fraction of sp³-hybridized carbons (Fsp3) is 0.409. The number of carbonyl (C=O) groups is 1. The van der Waals surface area contributed by atoms with Gasteiger partial charge in [-0.2, -0.15) is 0 Å². The van der Waals surface area contributed by atoms with E-state index in [1.165, 1.54) is 16.4 Å². The molecule has 2 aromatic rings. The van der Waals surface area contributed by atoms with Crippen molar-refractivity contribution >= 4 is 31.5 Å². The third-order valence-electron chi connectivity index (χ3n) is 5.37. The molecule has 3 rings (SSSR count). The zero-order valence-corrected chi connectivity index (χ0v) is 19.4. The molecule has 1 aliphatic rings. The Morgan fingerprint density at radius 2 is 1.77 bits per heavy atom. The van der Waals surface area contributed by atoms with E-state index in [1.54, 1.807) is 48.2 Å². The van der Waals surface area contributed by atoms with Gasteiger partial charge in [-0.3, -0.25) is 9.10 Å². The molecule has 9 heteroatoms. The molecular weight excluding hydrogens is 436 g/mol. The van der Waals surface area contributed by atoms with Crippen LogP contribution in [0.4, 0.5) is 5.69 Å². The van der Waals surface area contributed by atoms with Gasteiger partial charge in [0.1, 0.15) is 0 Å². The molecule has 0 saturated carbocycles. The number of sulfonamides is 1. The lowest BCUT2D eigenvalue weighted by Crippen LogP contribution is -2.41. The highest BCUT2D eigenvalue weighted by Gasteiger charge is 2.35. The Morgan fingerprint density at radius 1 is 1.06 bits per heavy atom. The van der Waals surface area contributed by atoms with Crippen LogP contribution < -0.4 is 4.31 Å². The largest absolute Gasteiger partial charge is 0.335 e. The number of hydrogen-bond donors (Lipinski definition) is 0. The highest BCUT2D eigenvalue weighted by Crippen LogP contribution is 2.25. The van der Waals surface area contributed by atoms with E-state index in [4.69, 9.17) is 0 Å². The summed E-state index contributed by atoms with van der Waals surface area (Å²) in [5.74, 6) is -0.319. The van der Waals surface area contributed by atoms with E-state index in [2.05, 4.69) is 0 Å². The van der Waals surface area contributed by atoms with Gasteiger partial charge in [-0.1, -0.05) is 31.2 Å². The molecule has 31 heavy (non-hydrogen) atoms. The molecule has 0 aliphatic carbocycles. The van der Waals surface area contributed by atoms with E-state index < -0.39 is 19.9 Å². The second-order valence-corrected chi connectivity index (χ2v) is 11.7. The normalized spacial score (nSPS) is 17.9. The van der Waals surface area contributed by atoms with Crippen LogP contribution in [-0.4, -0.2) is 58.3 Å². The fourth-order valence-electron chi connectivity index (χ4n) is 3.88. The van der Waals surface area contributed by atoms with Crippen molar-refractivity contribution in [1.82, 2.24) is 4.90 Å². The van der Waals surface area contributed by atoms with Crippen LogP contribution in [0, 0.1) is 0 Å². The Balaban J connectivity index is 1.93. The lowest BCUT2D eigenvalue weighted by atomic mass is 10.1. The lowest BCUT2D eigenvalue weighted by molar-refractivity contribution is 0.0697. The first-order chi connectivity index (χ1) is 14.7. The Morgan fingerprint density at radius 3 is 2.35 bits per heavy atom. The third-order valence-corrected chi connectivity index (χ3v) is 9.02. The maximum atomic E-state index is 13.3. The Hall–Kier alpha value is -2.39. The first kappa shape index (κ1) is 23.3. The topological polar surface area (TPSA) is 91.8 Å². The summed E-state index contributed by atoms with van der Waals surface area (Å²) in [7, 11) is -7.02. The van der Waals surface area contributed by atoms with Crippen molar-refractivity contribution in [2.24, 2.45) is 0 Å². The molecule has 0 N–H and O–H groups in total. The average molecular weight is 465 g/mol. The number of benzene rings is 2. The number of hydrogen-bond acceptors (Lipinski definition) is 5. The summed E-state index contributed by atoms with van der Waals surface area (Å²) in [4.78, 5) is 14.8. The zero-order chi connectivity index (χ0) is 22.6. The van der Waals surface area contributed by atoms with Gasteiger partial charge in [0.25, 0.3) is 15.9 Å². The molecule has 1 atom stereocenters. The van der Waals surface area contributed by atoms with Gasteiger partial charge in [0.15, 0.2) is 9.84 Å². The van der Waals surface area contributed by atoms with Gasteiger partial charge in [-0.25, -0.2) is 16.8 Å². The van der Waals surface area contributed by atoms with Gasteiger partial charge in [-0.05, 0) is 50.1 Å². The Labute approximate surface area is 184 Å². The summed E-state index contributed by atoms with van der Waals surface area (Å²) < 4.78 is 51.7. The Bertz CT molecular complexity index is 1130. The second kappa shape index (κ2) is 9.40. The molecule has 0 radical (unpaired) electrons. The van der Waals surface area contributed by atoms with Gasteiger partial charge < -0.3 is 4.90 Å². The SMILES string of the molecule is CCCN(C(=O)c1cccc(S(=O)(=O)N(CC)c2ccccc2)c1)C1CCS(=O)(=O)C1. The van der Waals surface area contributed by atoms with Crippen LogP contribution in [0.3, 0.4) is 0 Å². The molecule has 0 aromatic heterocycles. The number of anilines is 1. The first-order valence-corrected chi connectivity index (χ1v) is 13.6. The third kappa shape index (κ3) is 5.10. The molecule has 1 saturated heterocycles. The van der Waals surface area contributed by atoms with Crippen LogP contribution in [0.25, 0.3) is 0 Å². The molecule has 168 valence electrons. The quantitative estimate of drug-likeness (QED) is 0.599. The van der Waals surface area contributed by atoms with Crippen molar-refractivity contribution < 1.29 is 21.6 Å². The van der Waals surface area contributed by atoms with Gasteiger partial charge in [0.2, 0.25) is 0 Å². The highest BCUT2D eigenvalue weighted by molar-refractivity contribution is 7.92. The molecule has 2 aromatic carbocycles. The van der Waals surface area contributed by atoms with Crippen molar-refractivity contribution in [3.8, 4) is 0 Å². The van der Waals surface area contributed by atoms with Crippen LogP contribution in [0.1, 0.15) is 37.0 Å². The van der Waals surface area contributed by atoms with Crippen molar-refractivity contribution in [3.63, 3.8) is 0 Å². The summed E-state index contributed by atoms with van der Waals surface area (Å²) in [6.45, 7) is 4.33. The fourth-order valence-corrected chi connectivity index (χ4v) is 7.13. The van der Waals surface area contributed by atoms with Crippen molar-refractivity contribution in [2.45, 2.75) is 37.6 Å². The molecule has 0 spiro atoms. The number of amides is 1. The van der Waals surface area contributed by atoms with E-state index in [1.807, 2.05) is 13.0 Å². The standard InChI is InChI=1S/C22H28N2O5S2/c1-3-14-23(20-13-15-30(26,27)17-20)22(25)18-9-8-12-21(16-18)31(28,29)24(4-2)19-10-6-5-7-11-19/h5-12,16,20H,3-4,13-15,17H2,1-2H3.